The van der Waals surface area contributed by atoms with Gasteiger partial charge in [-0.2, -0.15) is 5.10 Å². The molecule has 23 heavy (non-hydrogen) atoms. The van der Waals surface area contributed by atoms with Gasteiger partial charge in [-0.15, -0.1) is 0 Å². The maximum absolute atomic E-state index is 12.3. The van der Waals surface area contributed by atoms with Gasteiger partial charge < -0.3 is 10.2 Å². The average molecular weight is 315 g/mol. The summed E-state index contributed by atoms with van der Waals surface area (Å²) in [5, 5.41) is 6.57. The zero-order valence-electron chi connectivity index (χ0n) is 12.5. The minimum atomic E-state index is -0.317. The summed E-state index contributed by atoms with van der Waals surface area (Å²) in [7, 11) is 0. The minimum Gasteiger partial charge on any atom is -0.348 e. The van der Waals surface area contributed by atoms with Gasteiger partial charge in [0.1, 0.15) is 5.71 Å². The van der Waals surface area contributed by atoms with Gasteiger partial charge >= 0.3 is 0 Å². The molecule has 0 aliphatic carbocycles. The number of carbonyl (C=O) groups is 3. The number of carbonyl (C=O) groups excluding carboxylic acids is 3. The Morgan fingerprint density at radius 1 is 1.22 bits per heavy atom. The molecule has 1 aromatic heterocycles. The number of nitrogens with zero attached hydrogens (tertiary/aromatic N) is 3. The highest BCUT2D eigenvalue weighted by Crippen LogP contribution is 2.14. The van der Waals surface area contributed by atoms with E-state index >= 15 is 0 Å². The van der Waals surface area contributed by atoms with E-state index in [2.05, 4.69) is 20.8 Å². The predicted molar refractivity (Wildman–Crippen MR) is 81.5 cm³/mol. The third-order valence-corrected chi connectivity index (χ3v) is 3.95. The number of hydrogen-bond acceptors (Lipinski definition) is 5. The Kier molecular flexibility index (Phi) is 4.31. The van der Waals surface area contributed by atoms with Crippen molar-refractivity contribution in [3.8, 4) is 0 Å². The first-order valence-corrected chi connectivity index (χ1v) is 7.49. The molecule has 2 aliphatic rings. The van der Waals surface area contributed by atoms with E-state index in [-0.39, 0.29) is 35.9 Å². The molecule has 0 saturated carbocycles. The van der Waals surface area contributed by atoms with E-state index in [1.54, 1.807) is 29.4 Å². The lowest BCUT2D eigenvalue weighted by atomic mass is 10.0. The summed E-state index contributed by atoms with van der Waals surface area (Å²) in [5.74, 6) is -0.609. The van der Waals surface area contributed by atoms with Crippen molar-refractivity contribution in [3.05, 3.63) is 30.1 Å². The predicted octanol–water partition coefficient (Wildman–Crippen LogP) is -0.322. The second-order valence-corrected chi connectivity index (χ2v) is 5.55. The smallest absolute Gasteiger partial charge is 0.268 e. The zero-order valence-corrected chi connectivity index (χ0v) is 12.5. The highest BCUT2D eigenvalue weighted by atomic mass is 16.2. The van der Waals surface area contributed by atoms with Gasteiger partial charge in [-0.3, -0.25) is 19.4 Å². The lowest BCUT2D eigenvalue weighted by molar-refractivity contribution is -0.120. The third kappa shape index (κ3) is 3.53. The first kappa shape index (κ1) is 15.1. The quantitative estimate of drug-likeness (QED) is 0.797. The fraction of sp³-hybridized carbons (Fsp3) is 0.400. The first-order chi connectivity index (χ1) is 11.1. The Hall–Kier alpha value is -2.77. The van der Waals surface area contributed by atoms with Gasteiger partial charge in [0.15, 0.2) is 0 Å². The van der Waals surface area contributed by atoms with E-state index in [1.165, 1.54) is 0 Å². The number of amides is 3. The Balaban J connectivity index is 1.50. The van der Waals surface area contributed by atoms with Crippen LogP contribution in [0, 0.1) is 0 Å². The van der Waals surface area contributed by atoms with Crippen LogP contribution < -0.4 is 10.7 Å². The molecule has 0 spiro atoms. The lowest BCUT2D eigenvalue weighted by Crippen LogP contribution is -2.48. The van der Waals surface area contributed by atoms with Gasteiger partial charge in [0, 0.05) is 37.1 Å². The summed E-state index contributed by atoms with van der Waals surface area (Å²) < 4.78 is 0. The van der Waals surface area contributed by atoms with E-state index in [9.17, 15) is 14.4 Å². The average Bonchev–Trinajstić information content (AvgIpc) is 3.02. The topological polar surface area (TPSA) is 104 Å². The van der Waals surface area contributed by atoms with Crippen LogP contribution >= 0.6 is 0 Å². The van der Waals surface area contributed by atoms with Crippen LogP contribution in [-0.4, -0.2) is 52.4 Å². The molecular formula is C15H17N5O3. The Morgan fingerprint density at radius 2 is 1.91 bits per heavy atom. The van der Waals surface area contributed by atoms with Crippen molar-refractivity contribution >= 4 is 23.4 Å². The number of nitrogens with one attached hydrogen (secondary N) is 2. The van der Waals surface area contributed by atoms with Crippen molar-refractivity contribution in [2.24, 2.45) is 5.10 Å². The van der Waals surface area contributed by atoms with Crippen LogP contribution in [0.25, 0.3) is 0 Å². The molecule has 0 unspecified atom stereocenters. The lowest BCUT2D eigenvalue weighted by Gasteiger charge is -2.32. The van der Waals surface area contributed by atoms with Crippen molar-refractivity contribution in [1.29, 1.82) is 0 Å². The Morgan fingerprint density at radius 3 is 2.52 bits per heavy atom. The van der Waals surface area contributed by atoms with E-state index < -0.39 is 0 Å². The molecule has 3 amide bonds. The second-order valence-electron chi connectivity index (χ2n) is 5.55. The molecule has 3 heterocycles. The second kappa shape index (κ2) is 6.55. The van der Waals surface area contributed by atoms with Crippen LogP contribution in [0.15, 0.2) is 29.6 Å². The van der Waals surface area contributed by atoms with E-state index in [4.69, 9.17) is 0 Å². The van der Waals surface area contributed by atoms with Crippen molar-refractivity contribution in [2.75, 3.05) is 13.1 Å². The number of rotatable bonds is 3. The van der Waals surface area contributed by atoms with Crippen LogP contribution in [0.3, 0.4) is 0 Å². The van der Waals surface area contributed by atoms with Crippen LogP contribution in [0.2, 0.25) is 0 Å². The summed E-state index contributed by atoms with van der Waals surface area (Å²) in [6, 6.07) is 3.37. The monoisotopic (exact) mass is 315 g/mol. The van der Waals surface area contributed by atoms with Gasteiger partial charge in [-0.05, 0) is 25.0 Å². The Labute approximate surface area is 132 Å². The number of hydrazone groups is 1. The molecule has 2 aliphatic heterocycles. The summed E-state index contributed by atoms with van der Waals surface area (Å²) in [6.45, 7) is 1.16. The van der Waals surface area contributed by atoms with Crippen LogP contribution in [0.1, 0.15) is 29.6 Å². The minimum absolute atomic E-state index is 0.0117. The molecule has 8 heteroatoms. The van der Waals surface area contributed by atoms with E-state index in [0.29, 0.717) is 31.5 Å². The van der Waals surface area contributed by atoms with Crippen molar-refractivity contribution in [2.45, 2.75) is 25.3 Å². The largest absolute Gasteiger partial charge is 0.348 e. The SMILES string of the molecule is O=C1CC(C(=O)NC2CCN(C(=O)c3ccncc3)CC2)=NN1. The molecule has 3 rings (SSSR count). The van der Waals surface area contributed by atoms with Crippen molar-refractivity contribution < 1.29 is 14.4 Å². The maximum Gasteiger partial charge on any atom is 0.268 e. The van der Waals surface area contributed by atoms with Gasteiger partial charge in [0.25, 0.3) is 11.8 Å². The standard InChI is InChI=1S/C15H17N5O3/c21-13-9-12(18-19-13)14(22)17-11-3-7-20(8-4-11)15(23)10-1-5-16-6-2-10/h1-2,5-6,11H,3-4,7-9H2,(H,17,22)(H,19,21). The maximum atomic E-state index is 12.3. The fourth-order valence-electron chi connectivity index (χ4n) is 2.66. The highest BCUT2D eigenvalue weighted by Gasteiger charge is 2.27. The van der Waals surface area contributed by atoms with Crippen molar-refractivity contribution in [1.82, 2.24) is 20.6 Å². The van der Waals surface area contributed by atoms with Crippen LogP contribution in [0.4, 0.5) is 0 Å². The molecule has 120 valence electrons. The molecular weight excluding hydrogens is 298 g/mol. The summed E-state index contributed by atoms with van der Waals surface area (Å²) in [6.07, 6.45) is 4.56. The number of piperidine rings is 1. The van der Waals surface area contributed by atoms with Crippen molar-refractivity contribution in [3.63, 3.8) is 0 Å². The van der Waals surface area contributed by atoms with Crippen LogP contribution in [-0.2, 0) is 9.59 Å². The number of hydrogen-bond donors (Lipinski definition) is 2. The molecule has 1 aromatic rings. The molecule has 8 nitrogen and oxygen atoms in total. The Bertz CT molecular complexity index is 650. The van der Waals surface area contributed by atoms with Crippen LogP contribution in [0.5, 0.6) is 0 Å². The molecule has 1 saturated heterocycles. The molecule has 0 atom stereocenters. The number of likely N-dealkylation sites (tertiary alicyclic amines) is 1. The molecule has 0 radical (unpaired) electrons. The summed E-state index contributed by atoms with van der Waals surface area (Å²) >= 11 is 0. The molecule has 2 N–H and O–H groups in total. The molecule has 0 aromatic carbocycles. The highest BCUT2D eigenvalue weighted by molar-refractivity contribution is 6.43. The normalized spacial score (nSPS) is 18.3. The van der Waals surface area contributed by atoms with Gasteiger partial charge in [0.2, 0.25) is 5.91 Å². The van der Waals surface area contributed by atoms with E-state index in [1.807, 2.05) is 0 Å². The van der Waals surface area contributed by atoms with Gasteiger partial charge in [0.05, 0.1) is 6.42 Å². The molecule has 1 fully saturated rings. The molecule has 0 bridgehead atoms. The van der Waals surface area contributed by atoms with Gasteiger partial charge in [-0.25, -0.2) is 5.43 Å². The summed E-state index contributed by atoms with van der Waals surface area (Å²) in [5.41, 5.74) is 3.09. The zero-order chi connectivity index (χ0) is 16.2. The summed E-state index contributed by atoms with van der Waals surface area (Å²) in [4.78, 5) is 41.0. The number of aromatic nitrogens is 1. The van der Waals surface area contributed by atoms with Gasteiger partial charge in [-0.1, -0.05) is 0 Å². The van der Waals surface area contributed by atoms with E-state index in [0.717, 1.165) is 0 Å². The fourth-order valence-corrected chi connectivity index (χ4v) is 2.66. The third-order valence-electron chi connectivity index (χ3n) is 3.95. The first-order valence-electron chi connectivity index (χ1n) is 7.49. The number of pyridine rings is 1.